The average molecular weight is 397 g/mol. The molecule has 2 heterocycles. The van der Waals surface area contributed by atoms with E-state index < -0.39 is 5.60 Å². The molecule has 3 N–H and O–H groups in total. The van der Waals surface area contributed by atoms with E-state index in [1.165, 1.54) is 5.56 Å². The highest BCUT2D eigenvalue weighted by atomic mass is 16.6. The zero-order valence-corrected chi connectivity index (χ0v) is 17.9. The van der Waals surface area contributed by atoms with E-state index >= 15 is 0 Å². The van der Waals surface area contributed by atoms with Crippen LogP contribution in [0.15, 0.2) is 36.5 Å². The minimum Gasteiger partial charge on any atom is -0.444 e. The molecule has 1 amide bonds. The molecule has 2 aromatic rings. The van der Waals surface area contributed by atoms with E-state index in [1.807, 2.05) is 52.1 Å². The van der Waals surface area contributed by atoms with E-state index in [2.05, 4.69) is 27.3 Å². The number of aromatic nitrogens is 1. The van der Waals surface area contributed by atoms with Crippen LogP contribution in [0.3, 0.4) is 0 Å². The van der Waals surface area contributed by atoms with Crippen molar-refractivity contribution in [2.24, 2.45) is 0 Å². The fourth-order valence-corrected chi connectivity index (χ4v) is 3.66. The van der Waals surface area contributed by atoms with Gasteiger partial charge in [-0.3, -0.25) is 9.88 Å². The van der Waals surface area contributed by atoms with Crippen LogP contribution in [-0.4, -0.2) is 40.7 Å². The van der Waals surface area contributed by atoms with Gasteiger partial charge in [0.15, 0.2) is 0 Å². The van der Waals surface area contributed by atoms with Crippen molar-refractivity contribution in [1.82, 2.24) is 15.2 Å². The third-order valence-corrected chi connectivity index (χ3v) is 4.89. The Bertz CT molecular complexity index is 843. The number of hydrogen-bond donors (Lipinski definition) is 2. The number of ether oxygens (including phenoxy) is 1. The van der Waals surface area contributed by atoms with Gasteiger partial charge >= 0.3 is 6.09 Å². The van der Waals surface area contributed by atoms with Gasteiger partial charge in [0.1, 0.15) is 5.60 Å². The van der Waals surface area contributed by atoms with E-state index in [0.29, 0.717) is 0 Å². The zero-order valence-electron chi connectivity index (χ0n) is 17.9. The maximum atomic E-state index is 12.1. The smallest absolute Gasteiger partial charge is 0.407 e. The number of amides is 1. The van der Waals surface area contributed by atoms with Crippen LogP contribution in [0.4, 0.5) is 10.5 Å². The molecule has 0 aliphatic carbocycles. The summed E-state index contributed by atoms with van der Waals surface area (Å²) in [4.78, 5) is 18.8. The third-order valence-electron chi connectivity index (χ3n) is 4.89. The Morgan fingerprint density at radius 3 is 2.76 bits per heavy atom. The summed E-state index contributed by atoms with van der Waals surface area (Å²) in [6.07, 6.45) is 3.54. The van der Waals surface area contributed by atoms with Gasteiger partial charge in [-0.1, -0.05) is 6.07 Å². The van der Waals surface area contributed by atoms with Crippen LogP contribution < -0.4 is 11.1 Å². The lowest BCUT2D eigenvalue weighted by atomic mass is 10.0. The molecule has 1 unspecified atom stereocenters. The SMILES string of the molecule is Cc1ccc(-c2cc(N)cc(CN3CCCC(NC(=O)OC(C)(C)C)C3)c2)cn1. The van der Waals surface area contributed by atoms with E-state index in [4.69, 9.17) is 10.5 Å². The molecule has 1 aliphatic rings. The number of nitrogens with zero attached hydrogens (tertiary/aromatic N) is 2. The summed E-state index contributed by atoms with van der Waals surface area (Å²) in [5.74, 6) is 0. The Labute approximate surface area is 173 Å². The Kier molecular flexibility index (Phi) is 6.42. The second-order valence-corrected chi connectivity index (χ2v) is 8.87. The highest BCUT2D eigenvalue weighted by Gasteiger charge is 2.24. The van der Waals surface area contributed by atoms with Crippen molar-refractivity contribution >= 4 is 11.8 Å². The summed E-state index contributed by atoms with van der Waals surface area (Å²) in [6, 6.07) is 10.4. The van der Waals surface area contributed by atoms with Gasteiger partial charge in [-0.2, -0.15) is 0 Å². The number of nitrogens with two attached hydrogens (primary N) is 1. The summed E-state index contributed by atoms with van der Waals surface area (Å²) in [7, 11) is 0. The molecule has 6 heteroatoms. The lowest BCUT2D eigenvalue weighted by Crippen LogP contribution is -2.48. The molecule has 6 nitrogen and oxygen atoms in total. The minimum atomic E-state index is -0.485. The Morgan fingerprint density at radius 1 is 1.28 bits per heavy atom. The largest absolute Gasteiger partial charge is 0.444 e. The van der Waals surface area contributed by atoms with E-state index in [0.717, 1.165) is 55.0 Å². The van der Waals surface area contributed by atoms with Crippen LogP contribution >= 0.6 is 0 Å². The predicted octanol–water partition coefficient (Wildman–Crippen LogP) is 4.13. The predicted molar refractivity (Wildman–Crippen MR) is 116 cm³/mol. The molecular formula is C23H32N4O2. The number of nitrogens with one attached hydrogen (secondary N) is 1. The number of likely N-dealkylation sites (tertiary alicyclic amines) is 1. The van der Waals surface area contributed by atoms with Crippen molar-refractivity contribution in [2.75, 3.05) is 18.8 Å². The standard InChI is InChI=1S/C23H32N4O2/c1-16-7-8-18(13-25-16)19-10-17(11-20(24)12-19)14-27-9-5-6-21(15-27)26-22(28)29-23(2,3)4/h7-8,10-13,21H,5-6,9,14-15,24H2,1-4H3,(H,26,28). The number of benzene rings is 1. The van der Waals surface area contributed by atoms with Crippen LogP contribution in [0.5, 0.6) is 0 Å². The Balaban J connectivity index is 1.65. The molecule has 29 heavy (non-hydrogen) atoms. The summed E-state index contributed by atoms with van der Waals surface area (Å²) >= 11 is 0. The number of pyridine rings is 1. The van der Waals surface area contributed by atoms with E-state index in [1.54, 1.807) is 0 Å². The Morgan fingerprint density at radius 2 is 2.07 bits per heavy atom. The maximum Gasteiger partial charge on any atom is 0.407 e. The zero-order chi connectivity index (χ0) is 21.0. The van der Waals surface area contributed by atoms with E-state index in [-0.39, 0.29) is 12.1 Å². The number of piperidine rings is 1. The normalized spacial score (nSPS) is 17.7. The molecule has 0 bridgehead atoms. The number of rotatable bonds is 4. The van der Waals surface area contributed by atoms with Crippen LogP contribution in [0, 0.1) is 6.92 Å². The lowest BCUT2D eigenvalue weighted by Gasteiger charge is -2.33. The highest BCUT2D eigenvalue weighted by molar-refractivity contribution is 5.68. The number of nitrogen functional groups attached to an aromatic ring is 1. The first-order valence-corrected chi connectivity index (χ1v) is 10.2. The van der Waals surface area contributed by atoms with E-state index in [9.17, 15) is 4.79 Å². The van der Waals surface area contributed by atoms with Crippen molar-refractivity contribution in [3.63, 3.8) is 0 Å². The van der Waals surface area contributed by atoms with Gasteiger partial charge in [0.2, 0.25) is 0 Å². The maximum absolute atomic E-state index is 12.1. The van der Waals surface area contributed by atoms with Gasteiger partial charge in [-0.15, -0.1) is 0 Å². The highest BCUT2D eigenvalue weighted by Crippen LogP contribution is 2.25. The molecule has 1 fully saturated rings. The Hall–Kier alpha value is -2.60. The van der Waals surface area contributed by atoms with Gasteiger partial charge in [0.05, 0.1) is 0 Å². The molecule has 3 rings (SSSR count). The van der Waals surface area contributed by atoms with Crippen molar-refractivity contribution in [1.29, 1.82) is 0 Å². The van der Waals surface area contributed by atoms with Gasteiger partial charge in [0.25, 0.3) is 0 Å². The van der Waals surface area contributed by atoms with Crippen LogP contribution in [0.25, 0.3) is 11.1 Å². The van der Waals surface area contributed by atoms with Gasteiger partial charge in [-0.25, -0.2) is 4.79 Å². The third kappa shape index (κ3) is 6.46. The number of carbonyl (C=O) groups is 1. The average Bonchev–Trinajstić information content (AvgIpc) is 2.60. The fourth-order valence-electron chi connectivity index (χ4n) is 3.66. The van der Waals surface area contributed by atoms with Crippen molar-refractivity contribution in [3.8, 4) is 11.1 Å². The molecule has 1 aliphatic heterocycles. The topological polar surface area (TPSA) is 80.5 Å². The molecule has 0 radical (unpaired) electrons. The summed E-state index contributed by atoms with van der Waals surface area (Å²) in [6.45, 7) is 10.2. The summed E-state index contributed by atoms with van der Waals surface area (Å²) < 4.78 is 5.39. The van der Waals surface area contributed by atoms with Crippen molar-refractivity contribution in [2.45, 2.75) is 58.7 Å². The van der Waals surface area contributed by atoms with Crippen LogP contribution in [0.2, 0.25) is 0 Å². The number of anilines is 1. The first-order valence-electron chi connectivity index (χ1n) is 10.2. The first-order chi connectivity index (χ1) is 13.7. The molecule has 1 aromatic heterocycles. The summed E-state index contributed by atoms with van der Waals surface area (Å²) in [5, 5.41) is 3.01. The van der Waals surface area contributed by atoms with Gasteiger partial charge in [-0.05, 0) is 82.5 Å². The van der Waals surface area contributed by atoms with Gasteiger partial charge in [0, 0.05) is 42.3 Å². The molecule has 1 saturated heterocycles. The van der Waals surface area contributed by atoms with Crippen molar-refractivity contribution < 1.29 is 9.53 Å². The molecule has 0 spiro atoms. The molecule has 1 atom stereocenters. The van der Waals surface area contributed by atoms with Gasteiger partial charge < -0.3 is 15.8 Å². The fraction of sp³-hybridized carbons (Fsp3) is 0.478. The monoisotopic (exact) mass is 396 g/mol. The summed E-state index contributed by atoms with van der Waals surface area (Å²) in [5.41, 5.74) is 10.7. The quantitative estimate of drug-likeness (QED) is 0.760. The number of aryl methyl sites for hydroxylation is 1. The number of hydrogen-bond acceptors (Lipinski definition) is 5. The number of carbonyl (C=O) groups excluding carboxylic acids is 1. The van der Waals surface area contributed by atoms with Crippen LogP contribution in [0.1, 0.15) is 44.9 Å². The second kappa shape index (κ2) is 8.82. The lowest BCUT2D eigenvalue weighted by molar-refractivity contribution is 0.0470. The number of alkyl carbamates (subject to hydrolysis) is 1. The second-order valence-electron chi connectivity index (χ2n) is 8.87. The van der Waals surface area contributed by atoms with Crippen molar-refractivity contribution in [3.05, 3.63) is 47.8 Å². The molecule has 1 aromatic carbocycles. The first kappa shape index (κ1) is 21.1. The minimum absolute atomic E-state index is 0.0976. The molecule has 156 valence electrons. The van der Waals surface area contributed by atoms with Crippen LogP contribution in [-0.2, 0) is 11.3 Å². The molecule has 0 saturated carbocycles. The molecular weight excluding hydrogens is 364 g/mol.